The number of aldehydes is 1. The number of halogens is 1. The number of rotatable bonds is 3. The fourth-order valence-corrected chi connectivity index (χ4v) is 1.74. The molecule has 86 valence electrons. The van der Waals surface area contributed by atoms with Crippen molar-refractivity contribution in [1.82, 2.24) is 4.98 Å². The third-order valence-electron chi connectivity index (χ3n) is 2.31. The van der Waals surface area contributed by atoms with Crippen molar-refractivity contribution in [3.8, 4) is 11.6 Å². The predicted octanol–water partition coefficient (Wildman–Crippen LogP) is 3.76. The van der Waals surface area contributed by atoms with Gasteiger partial charge in [-0.25, -0.2) is 4.98 Å². The quantitative estimate of drug-likeness (QED) is 0.809. The number of aryl methyl sites for hydroxylation is 1. The Hall–Kier alpha value is -1.68. The zero-order chi connectivity index (χ0) is 12.3. The van der Waals surface area contributed by atoms with Crippen molar-refractivity contribution < 1.29 is 9.53 Å². The number of hydrogen-bond donors (Lipinski definition) is 0. The van der Waals surface area contributed by atoms with Gasteiger partial charge in [-0.05, 0) is 58.7 Å². The predicted molar refractivity (Wildman–Crippen MR) is 68.6 cm³/mol. The minimum atomic E-state index is 0.505. The van der Waals surface area contributed by atoms with Crippen LogP contribution in [0.2, 0.25) is 0 Å². The molecule has 3 nitrogen and oxygen atoms in total. The van der Waals surface area contributed by atoms with Gasteiger partial charge >= 0.3 is 0 Å². The summed E-state index contributed by atoms with van der Waals surface area (Å²) in [5.41, 5.74) is 1.54. The summed E-state index contributed by atoms with van der Waals surface area (Å²) in [6, 6.07) is 8.96. The molecule has 0 saturated heterocycles. The Morgan fingerprint density at radius 3 is 2.82 bits per heavy atom. The van der Waals surface area contributed by atoms with Crippen molar-refractivity contribution in [3.05, 3.63) is 52.1 Å². The summed E-state index contributed by atoms with van der Waals surface area (Å²) in [4.78, 5) is 14.8. The van der Waals surface area contributed by atoms with Gasteiger partial charge in [-0.1, -0.05) is 0 Å². The van der Waals surface area contributed by atoms with Gasteiger partial charge in [-0.3, -0.25) is 4.79 Å². The first-order valence-electron chi connectivity index (χ1n) is 5.05. The highest BCUT2D eigenvalue weighted by Gasteiger charge is 2.04. The van der Waals surface area contributed by atoms with Crippen LogP contribution in [0.5, 0.6) is 11.6 Å². The van der Waals surface area contributed by atoms with Crippen LogP contribution >= 0.6 is 15.9 Å². The molecule has 0 radical (unpaired) electrons. The lowest BCUT2D eigenvalue weighted by atomic mass is 10.1. The number of ether oxygens (including phenoxy) is 1. The molecule has 0 bridgehead atoms. The lowest BCUT2D eigenvalue weighted by Crippen LogP contribution is -1.91. The van der Waals surface area contributed by atoms with Gasteiger partial charge in [-0.2, -0.15) is 0 Å². The normalized spacial score (nSPS) is 10.0. The summed E-state index contributed by atoms with van der Waals surface area (Å²) in [5, 5.41) is 0. The van der Waals surface area contributed by atoms with Gasteiger partial charge in [0, 0.05) is 11.8 Å². The van der Waals surface area contributed by atoms with Crippen LogP contribution in [-0.2, 0) is 0 Å². The van der Waals surface area contributed by atoms with Gasteiger partial charge < -0.3 is 4.74 Å². The van der Waals surface area contributed by atoms with E-state index in [1.54, 1.807) is 18.3 Å². The summed E-state index contributed by atoms with van der Waals surface area (Å²) < 4.78 is 6.40. The Morgan fingerprint density at radius 2 is 2.18 bits per heavy atom. The number of carbonyl (C=O) groups is 1. The van der Waals surface area contributed by atoms with Crippen molar-refractivity contribution in [1.29, 1.82) is 0 Å². The maximum atomic E-state index is 10.7. The fraction of sp³-hybridized carbons (Fsp3) is 0.0769. The lowest BCUT2D eigenvalue weighted by Gasteiger charge is -2.07. The van der Waals surface area contributed by atoms with Crippen LogP contribution in [0.3, 0.4) is 0 Å². The zero-order valence-electron chi connectivity index (χ0n) is 9.18. The molecule has 2 rings (SSSR count). The van der Waals surface area contributed by atoms with E-state index in [-0.39, 0.29) is 0 Å². The van der Waals surface area contributed by atoms with Gasteiger partial charge in [0.2, 0.25) is 5.88 Å². The van der Waals surface area contributed by atoms with Crippen LogP contribution in [0.25, 0.3) is 0 Å². The monoisotopic (exact) mass is 291 g/mol. The van der Waals surface area contributed by atoms with Crippen LogP contribution in [0, 0.1) is 6.92 Å². The van der Waals surface area contributed by atoms with Gasteiger partial charge in [-0.15, -0.1) is 0 Å². The van der Waals surface area contributed by atoms with Crippen molar-refractivity contribution in [2.75, 3.05) is 0 Å². The number of hydrogen-bond acceptors (Lipinski definition) is 3. The van der Waals surface area contributed by atoms with E-state index >= 15 is 0 Å². The molecule has 0 saturated carbocycles. The molecular weight excluding hydrogens is 282 g/mol. The highest BCUT2D eigenvalue weighted by atomic mass is 79.9. The summed E-state index contributed by atoms with van der Waals surface area (Å²) in [6.07, 6.45) is 2.49. The second kappa shape index (κ2) is 5.10. The van der Waals surface area contributed by atoms with Crippen LogP contribution < -0.4 is 4.74 Å². The first-order chi connectivity index (χ1) is 8.20. The van der Waals surface area contributed by atoms with Gasteiger partial charge in [0.1, 0.15) is 12.0 Å². The first-order valence-corrected chi connectivity index (χ1v) is 5.84. The lowest BCUT2D eigenvalue weighted by molar-refractivity contribution is 0.112. The number of carbonyl (C=O) groups excluding carboxylic acids is 1. The molecule has 1 heterocycles. The van der Waals surface area contributed by atoms with Crippen LogP contribution in [0.15, 0.2) is 41.0 Å². The summed E-state index contributed by atoms with van der Waals surface area (Å²) in [7, 11) is 0. The SMILES string of the molecule is Cc1cc(Oc2ncccc2Br)ccc1C=O. The second-order valence-corrected chi connectivity index (χ2v) is 4.38. The van der Waals surface area contributed by atoms with Gasteiger partial charge in [0.15, 0.2) is 0 Å². The van der Waals surface area contributed by atoms with Crippen LogP contribution in [0.1, 0.15) is 15.9 Å². The molecule has 0 aliphatic heterocycles. The molecule has 1 aromatic heterocycles. The minimum absolute atomic E-state index is 0.505. The molecule has 0 aliphatic carbocycles. The smallest absolute Gasteiger partial charge is 0.233 e. The summed E-state index contributed by atoms with van der Waals surface area (Å²) in [5.74, 6) is 1.17. The highest BCUT2D eigenvalue weighted by molar-refractivity contribution is 9.10. The third kappa shape index (κ3) is 2.71. The zero-order valence-corrected chi connectivity index (χ0v) is 10.8. The molecule has 0 fully saturated rings. The third-order valence-corrected chi connectivity index (χ3v) is 2.91. The molecule has 0 atom stereocenters. The molecule has 0 spiro atoms. The molecule has 1 aromatic carbocycles. The number of benzene rings is 1. The molecule has 4 heteroatoms. The Bertz CT molecular complexity index is 555. The topological polar surface area (TPSA) is 39.2 Å². The fourth-order valence-electron chi connectivity index (χ4n) is 1.40. The number of aromatic nitrogens is 1. The largest absolute Gasteiger partial charge is 0.438 e. The molecule has 17 heavy (non-hydrogen) atoms. The number of nitrogens with zero attached hydrogens (tertiary/aromatic N) is 1. The molecule has 0 amide bonds. The molecule has 0 aliphatic rings. The van der Waals surface area contributed by atoms with E-state index in [0.29, 0.717) is 17.2 Å². The van der Waals surface area contributed by atoms with Crippen molar-refractivity contribution >= 4 is 22.2 Å². The van der Waals surface area contributed by atoms with E-state index < -0.39 is 0 Å². The maximum Gasteiger partial charge on any atom is 0.233 e. The van der Waals surface area contributed by atoms with Crippen LogP contribution in [-0.4, -0.2) is 11.3 Å². The van der Waals surface area contributed by atoms with Crippen LogP contribution in [0.4, 0.5) is 0 Å². The Morgan fingerprint density at radius 1 is 1.35 bits per heavy atom. The van der Waals surface area contributed by atoms with E-state index in [1.807, 2.05) is 25.1 Å². The van der Waals surface area contributed by atoms with E-state index in [4.69, 9.17) is 4.74 Å². The molecule has 0 unspecified atom stereocenters. The second-order valence-electron chi connectivity index (χ2n) is 3.53. The standard InChI is InChI=1S/C13H10BrNO2/c1-9-7-11(5-4-10(9)8-16)17-13-12(14)3-2-6-15-13/h2-8H,1H3. The van der Waals surface area contributed by atoms with E-state index in [2.05, 4.69) is 20.9 Å². The van der Waals surface area contributed by atoms with Crippen molar-refractivity contribution in [2.45, 2.75) is 6.92 Å². The number of pyridine rings is 1. The van der Waals surface area contributed by atoms with Crippen molar-refractivity contribution in [2.24, 2.45) is 0 Å². The van der Waals surface area contributed by atoms with Gasteiger partial charge in [0.05, 0.1) is 4.47 Å². The van der Waals surface area contributed by atoms with E-state index in [9.17, 15) is 4.79 Å². The Kier molecular flexibility index (Phi) is 3.54. The minimum Gasteiger partial charge on any atom is -0.438 e. The molecular formula is C13H10BrNO2. The first kappa shape index (κ1) is 11.8. The van der Waals surface area contributed by atoms with Gasteiger partial charge in [0.25, 0.3) is 0 Å². The average molecular weight is 292 g/mol. The summed E-state index contributed by atoms with van der Waals surface area (Å²) >= 11 is 3.36. The van der Waals surface area contributed by atoms with E-state index in [1.165, 1.54) is 0 Å². The Labute approximate surface area is 108 Å². The Balaban J connectivity index is 2.28. The summed E-state index contributed by atoms with van der Waals surface area (Å²) in [6.45, 7) is 1.87. The average Bonchev–Trinajstić information content (AvgIpc) is 2.32. The van der Waals surface area contributed by atoms with Crippen molar-refractivity contribution in [3.63, 3.8) is 0 Å². The molecule has 0 N–H and O–H groups in total. The maximum absolute atomic E-state index is 10.7. The highest BCUT2D eigenvalue weighted by Crippen LogP contribution is 2.27. The van der Waals surface area contributed by atoms with E-state index in [0.717, 1.165) is 16.3 Å². The molecule has 2 aromatic rings.